The van der Waals surface area contributed by atoms with Crippen LogP contribution >= 0.6 is 0 Å². The average molecular weight is 198 g/mol. The van der Waals surface area contributed by atoms with Gasteiger partial charge in [0.1, 0.15) is 5.78 Å². The molecule has 1 fully saturated rings. The van der Waals surface area contributed by atoms with Crippen molar-refractivity contribution in [3.63, 3.8) is 0 Å². The number of methoxy groups -OCH3 is 1. The summed E-state index contributed by atoms with van der Waals surface area (Å²) in [6.07, 6.45) is 6.07. The molecule has 0 aliphatic heterocycles. The van der Waals surface area contributed by atoms with Crippen LogP contribution in [0.3, 0.4) is 0 Å². The van der Waals surface area contributed by atoms with E-state index in [1.54, 1.807) is 7.11 Å². The molecule has 1 saturated carbocycles. The summed E-state index contributed by atoms with van der Waals surface area (Å²) in [4.78, 5) is 11.8. The normalized spacial score (nSPS) is 21.4. The van der Waals surface area contributed by atoms with Gasteiger partial charge in [0.2, 0.25) is 0 Å². The van der Waals surface area contributed by atoms with Crippen molar-refractivity contribution in [3.05, 3.63) is 0 Å². The summed E-state index contributed by atoms with van der Waals surface area (Å²) < 4.78 is 5.45. The van der Waals surface area contributed by atoms with Crippen LogP contribution in [-0.4, -0.2) is 18.5 Å². The first-order chi connectivity index (χ1) is 6.63. The molecule has 2 nitrogen and oxygen atoms in total. The van der Waals surface area contributed by atoms with Crippen molar-refractivity contribution in [2.24, 2.45) is 5.92 Å². The van der Waals surface area contributed by atoms with Crippen molar-refractivity contribution in [2.75, 3.05) is 7.11 Å². The average Bonchev–Trinajstić information content (AvgIpc) is 2.11. The van der Waals surface area contributed by atoms with Crippen LogP contribution in [0.5, 0.6) is 0 Å². The standard InChI is InChI=1S/C12H22O2/c1-4-6-10(2)11(13)9-12(14-3)7-5-8-12/h10H,4-9H2,1-3H3. The summed E-state index contributed by atoms with van der Waals surface area (Å²) in [6, 6.07) is 0. The summed E-state index contributed by atoms with van der Waals surface area (Å²) in [5, 5.41) is 0. The highest BCUT2D eigenvalue weighted by atomic mass is 16.5. The monoisotopic (exact) mass is 198 g/mol. The van der Waals surface area contributed by atoms with Crippen LogP contribution in [-0.2, 0) is 9.53 Å². The second-order valence-electron chi connectivity index (χ2n) is 4.57. The summed E-state index contributed by atoms with van der Waals surface area (Å²) >= 11 is 0. The number of rotatable bonds is 6. The van der Waals surface area contributed by atoms with Crippen LogP contribution in [0, 0.1) is 5.92 Å². The maximum absolute atomic E-state index is 11.8. The maximum atomic E-state index is 11.8. The first kappa shape index (κ1) is 11.7. The lowest BCUT2D eigenvalue weighted by molar-refractivity contribution is -0.135. The Hall–Kier alpha value is -0.370. The van der Waals surface area contributed by atoms with Gasteiger partial charge in [-0.25, -0.2) is 0 Å². The van der Waals surface area contributed by atoms with Crippen molar-refractivity contribution in [2.45, 2.75) is 58.0 Å². The summed E-state index contributed by atoms with van der Waals surface area (Å²) in [7, 11) is 1.73. The van der Waals surface area contributed by atoms with Crippen molar-refractivity contribution in [1.29, 1.82) is 0 Å². The van der Waals surface area contributed by atoms with Gasteiger partial charge in [-0.15, -0.1) is 0 Å². The summed E-state index contributed by atoms with van der Waals surface area (Å²) in [5.74, 6) is 0.598. The SMILES string of the molecule is CCCC(C)C(=O)CC1(OC)CCC1. The topological polar surface area (TPSA) is 26.3 Å². The maximum Gasteiger partial charge on any atom is 0.138 e. The van der Waals surface area contributed by atoms with Crippen molar-refractivity contribution in [1.82, 2.24) is 0 Å². The summed E-state index contributed by atoms with van der Waals surface area (Å²) in [6.45, 7) is 4.16. The van der Waals surface area contributed by atoms with Crippen molar-refractivity contribution < 1.29 is 9.53 Å². The second-order valence-corrected chi connectivity index (χ2v) is 4.57. The molecule has 0 saturated heterocycles. The highest BCUT2D eigenvalue weighted by Crippen LogP contribution is 2.38. The molecule has 1 atom stereocenters. The molecular weight excluding hydrogens is 176 g/mol. The summed E-state index contributed by atoms with van der Waals surface area (Å²) in [5.41, 5.74) is -0.0842. The van der Waals surface area contributed by atoms with E-state index in [4.69, 9.17) is 4.74 Å². The highest BCUT2D eigenvalue weighted by Gasteiger charge is 2.39. The molecule has 14 heavy (non-hydrogen) atoms. The van der Waals surface area contributed by atoms with Gasteiger partial charge in [0, 0.05) is 19.4 Å². The van der Waals surface area contributed by atoms with E-state index in [1.807, 2.05) is 6.92 Å². The Morgan fingerprint density at radius 3 is 2.50 bits per heavy atom. The molecule has 0 aromatic rings. The molecule has 2 heteroatoms. The minimum absolute atomic E-state index is 0.0842. The number of hydrogen-bond acceptors (Lipinski definition) is 2. The molecule has 0 heterocycles. The van der Waals surface area contributed by atoms with Gasteiger partial charge >= 0.3 is 0 Å². The number of carbonyl (C=O) groups is 1. The van der Waals surface area contributed by atoms with E-state index in [0.717, 1.165) is 25.7 Å². The van der Waals surface area contributed by atoms with E-state index < -0.39 is 0 Å². The van der Waals surface area contributed by atoms with Gasteiger partial charge in [0.25, 0.3) is 0 Å². The Bertz CT molecular complexity index is 189. The molecule has 0 amide bonds. The lowest BCUT2D eigenvalue weighted by Crippen LogP contribution is -2.42. The Labute approximate surface area is 87.0 Å². The van der Waals surface area contributed by atoms with Crippen molar-refractivity contribution >= 4 is 5.78 Å². The Morgan fingerprint density at radius 2 is 2.14 bits per heavy atom. The zero-order chi connectivity index (χ0) is 10.6. The van der Waals surface area contributed by atoms with E-state index in [1.165, 1.54) is 6.42 Å². The fourth-order valence-electron chi connectivity index (χ4n) is 2.11. The van der Waals surface area contributed by atoms with Crippen LogP contribution in [0.15, 0.2) is 0 Å². The van der Waals surface area contributed by atoms with Gasteiger partial charge in [-0.05, 0) is 25.7 Å². The smallest absolute Gasteiger partial charge is 0.138 e. The van der Waals surface area contributed by atoms with Crippen LogP contribution in [0.25, 0.3) is 0 Å². The largest absolute Gasteiger partial charge is 0.378 e. The van der Waals surface area contributed by atoms with Crippen LogP contribution in [0.4, 0.5) is 0 Å². The van der Waals surface area contributed by atoms with E-state index in [2.05, 4.69) is 6.92 Å². The molecule has 1 unspecified atom stereocenters. The second kappa shape index (κ2) is 4.92. The first-order valence-electron chi connectivity index (χ1n) is 5.71. The lowest BCUT2D eigenvalue weighted by atomic mass is 9.75. The van der Waals surface area contributed by atoms with Crippen LogP contribution < -0.4 is 0 Å². The Kier molecular flexibility index (Phi) is 4.11. The predicted octanol–water partition coefficient (Wildman–Crippen LogP) is 2.95. The van der Waals surface area contributed by atoms with Crippen molar-refractivity contribution in [3.8, 4) is 0 Å². The molecule has 1 rings (SSSR count). The third-order valence-electron chi connectivity index (χ3n) is 3.47. The van der Waals surface area contributed by atoms with E-state index in [9.17, 15) is 4.79 Å². The fraction of sp³-hybridized carbons (Fsp3) is 0.917. The molecule has 1 aliphatic rings. The number of hydrogen-bond donors (Lipinski definition) is 0. The quantitative estimate of drug-likeness (QED) is 0.656. The molecule has 0 aromatic carbocycles. The molecule has 0 radical (unpaired) electrons. The molecule has 0 N–H and O–H groups in total. The Balaban J connectivity index is 2.38. The third kappa shape index (κ3) is 2.57. The van der Waals surface area contributed by atoms with Gasteiger partial charge in [0.15, 0.2) is 0 Å². The molecule has 1 aliphatic carbocycles. The van der Waals surface area contributed by atoms with Gasteiger partial charge in [-0.1, -0.05) is 20.3 Å². The lowest BCUT2D eigenvalue weighted by Gasteiger charge is -2.40. The predicted molar refractivity (Wildman–Crippen MR) is 57.3 cm³/mol. The Morgan fingerprint density at radius 1 is 1.50 bits per heavy atom. The van der Waals surface area contributed by atoms with Gasteiger partial charge in [0.05, 0.1) is 5.60 Å². The van der Waals surface area contributed by atoms with E-state index in [0.29, 0.717) is 12.2 Å². The molecule has 82 valence electrons. The zero-order valence-electron chi connectivity index (χ0n) is 9.64. The van der Waals surface area contributed by atoms with E-state index >= 15 is 0 Å². The van der Waals surface area contributed by atoms with Gasteiger partial charge in [-0.2, -0.15) is 0 Å². The molecule has 0 bridgehead atoms. The minimum Gasteiger partial charge on any atom is -0.378 e. The number of ketones is 1. The van der Waals surface area contributed by atoms with Crippen LogP contribution in [0.1, 0.15) is 52.4 Å². The van der Waals surface area contributed by atoms with Gasteiger partial charge in [-0.3, -0.25) is 4.79 Å². The first-order valence-corrected chi connectivity index (χ1v) is 5.71. The molecule has 0 aromatic heterocycles. The third-order valence-corrected chi connectivity index (χ3v) is 3.47. The molecule has 0 spiro atoms. The number of Topliss-reactive ketones (excluding diaryl/α,β-unsaturated/α-hetero) is 1. The zero-order valence-corrected chi connectivity index (χ0v) is 9.64. The number of ether oxygens (including phenoxy) is 1. The highest BCUT2D eigenvalue weighted by molar-refractivity contribution is 5.81. The number of carbonyl (C=O) groups excluding carboxylic acids is 1. The van der Waals surface area contributed by atoms with E-state index in [-0.39, 0.29) is 11.5 Å². The van der Waals surface area contributed by atoms with Gasteiger partial charge < -0.3 is 4.74 Å². The minimum atomic E-state index is -0.0842. The van der Waals surface area contributed by atoms with Crippen LogP contribution in [0.2, 0.25) is 0 Å². The fourth-order valence-corrected chi connectivity index (χ4v) is 2.11. The molecular formula is C12H22O2.